The highest BCUT2D eigenvalue weighted by Gasteiger charge is 2.50. The molecule has 5 heterocycles. The van der Waals surface area contributed by atoms with Gasteiger partial charge in [0.15, 0.2) is 35.7 Å². The molecular weight excluding hydrogens is 686 g/mol. The van der Waals surface area contributed by atoms with Crippen molar-refractivity contribution in [2.24, 2.45) is 5.73 Å². The van der Waals surface area contributed by atoms with E-state index in [1.165, 1.54) is 6.26 Å². The number of nitrogens with two attached hydrogens (primary N) is 1. The number of carbonyl (C=O) groups is 2. The molecule has 0 spiro atoms. The minimum absolute atomic E-state index is 0.0240. The molecule has 1 saturated heterocycles. The van der Waals surface area contributed by atoms with Gasteiger partial charge in [0, 0.05) is 35.2 Å². The molecule has 16 heteroatoms. The molecule has 5 aliphatic rings. The summed E-state index contributed by atoms with van der Waals surface area (Å²) in [5, 5.41) is 30.8. The number of carboxylic acid groups (broad SMARTS) is 1. The second-order valence-electron chi connectivity index (χ2n) is 12.7. The molecular formula is C36H35NO15. The molecule has 0 aliphatic carbocycles. The van der Waals surface area contributed by atoms with E-state index in [2.05, 4.69) is 0 Å². The van der Waals surface area contributed by atoms with E-state index in [9.17, 15) is 19.8 Å². The summed E-state index contributed by atoms with van der Waals surface area (Å²) < 4.78 is 46.9. The van der Waals surface area contributed by atoms with E-state index in [4.69, 9.17) is 58.5 Å². The van der Waals surface area contributed by atoms with Gasteiger partial charge >= 0.3 is 11.9 Å². The molecule has 0 radical (unpaired) electrons. The van der Waals surface area contributed by atoms with Gasteiger partial charge in [0.05, 0.1) is 25.4 Å². The molecule has 0 saturated carbocycles. The third-order valence-corrected chi connectivity index (χ3v) is 9.43. The maximum atomic E-state index is 12.0. The highest BCUT2D eigenvalue weighted by molar-refractivity contribution is 5.90. The van der Waals surface area contributed by atoms with Crippen LogP contribution in [-0.2, 0) is 33.4 Å². The first-order chi connectivity index (χ1) is 25.3. The van der Waals surface area contributed by atoms with Crippen LogP contribution in [0, 0.1) is 0 Å². The number of carbonyl (C=O) groups excluding carboxylic acids is 1. The fraction of sp³-hybridized carbons (Fsp3) is 0.389. The monoisotopic (exact) mass is 721 g/mol. The fourth-order valence-corrected chi connectivity index (χ4v) is 6.99. The van der Waals surface area contributed by atoms with Crippen LogP contribution in [0.2, 0.25) is 0 Å². The Kier molecular flexibility index (Phi) is 9.15. The molecule has 8 unspecified atom stereocenters. The van der Waals surface area contributed by atoms with Crippen LogP contribution in [-0.4, -0.2) is 91.1 Å². The van der Waals surface area contributed by atoms with Gasteiger partial charge in [-0.1, -0.05) is 12.1 Å². The summed E-state index contributed by atoms with van der Waals surface area (Å²) in [5.41, 5.74) is 8.60. The maximum Gasteiger partial charge on any atom is 0.317 e. The lowest BCUT2D eigenvalue weighted by Gasteiger charge is -2.42. The molecule has 8 rings (SSSR count). The quantitative estimate of drug-likeness (QED) is 0.149. The van der Waals surface area contributed by atoms with Crippen molar-refractivity contribution >= 4 is 11.9 Å². The number of allylic oxidation sites excluding steroid dienone is 1. The number of fused-ring (bicyclic) bond motifs is 8. The van der Waals surface area contributed by atoms with Crippen LogP contribution < -0.4 is 29.6 Å². The number of aliphatic hydroxyl groups excluding tert-OH is 1. The normalized spacial score (nSPS) is 27.9. The summed E-state index contributed by atoms with van der Waals surface area (Å²) >= 11 is 0. The van der Waals surface area contributed by atoms with Crippen LogP contribution in [0.5, 0.6) is 34.5 Å². The van der Waals surface area contributed by atoms with Crippen molar-refractivity contribution in [2.75, 3.05) is 33.2 Å². The summed E-state index contributed by atoms with van der Waals surface area (Å²) in [6, 6.07) is 14.0. The predicted octanol–water partition coefficient (Wildman–Crippen LogP) is 2.53. The standard InChI is InChI=1S/C36H35NO15/c37-5-7-44-36-35-34(32(42)29(50-36)15-46-31(41)13-30(39)40)43-6-4-19(17-2-1-3-18(38)8-17)20-9-24-22(11-26(20)51-52-35)33-23(14-45-24)21-10-27-28(48-16-47-27)12-25(21)49-33/h1-4,6,8-12,19,23,29,32-36,38,42H,5,7,13-16,37H2,(H,39,40). The van der Waals surface area contributed by atoms with Crippen molar-refractivity contribution < 1.29 is 72.6 Å². The smallest absolute Gasteiger partial charge is 0.317 e. The Labute approximate surface area is 296 Å². The molecule has 5 N–H and O–H groups in total. The Balaban J connectivity index is 1.15. The first-order valence-electron chi connectivity index (χ1n) is 16.6. The summed E-state index contributed by atoms with van der Waals surface area (Å²) in [6.45, 7) is 0.114. The lowest BCUT2D eigenvalue weighted by molar-refractivity contribution is -0.372. The van der Waals surface area contributed by atoms with Gasteiger partial charge in [0.25, 0.3) is 0 Å². The number of aliphatic carboxylic acids is 1. The van der Waals surface area contributed by atoms with Gasteiger partial charge in [-0.15, -0.1) is 0 Å². The average molecular weight is 722 g/mol. The highest BCUT2D eigenvalue weighted by atomic mass is 17.2. The van der Waals surface area contributed by atoms with Gasteiger partial charge in [-0.2, -0.15) is 4.89 Å². The van der Waals surface area contributed by atoms with Gasteiger partial charge in [0.1, 0.15) is 48.6 Å². The van der Waals surface area contributed by atoms with Crippen LogP contribution >= 0.6 is 0 Å². The van der Waals surface area contributed by atoms with Crippen LogP contribution in [0.15, 0.2) is 60.9 Å². The SMILES string of the molecule is NCCOC1OC(COC(=O)CC(=O)O)C(O)C2OC=CC(c3cccc(O)c3)c3cc4c(cc3OOC12)C1Oc2cc3c(cc2C1CO4)OCO3. The van der Waals surface area contributed by atoms with Crippen molar-refractivity contribution in [1.82, 2.24) is 0 Å². The Bertz CT molecular complexity index is 1880. The van der Waals surface area contributed by atoms with Crippen molar-refractivity contribution in [3.05, 3.63) is 83.1 Å². The lowest BCUT2D eigenvalue weighted by Crippen LogP contribution is -2.61. The van der Waals surface area contributed by atoms with Crippen molar-refractivity contribution in [2.45, 2.75) is 55.1 Å². The molecule has 1 fully saturated rings. The van der Waals surface area contributed by atoms with Gasteiger partial charge < -0.3 is 63.8 Å². The molecule has 3 aromatic rings. The van der Waals surface area contributed by atoms with Crippen molar-refractivity contribution in [1.29, 1.82) is 0 Å². The topological polar surface area (TPSA) is 213 Å². The molecule has 8 atom stereocenters. The number of esters is 1. The number of aliphatic hydroxyl groups is 1. The van der Waals surface area contributed by atoms with E-state index < -0.39 is 67.7 Å². The minimum Gasteiger partial charge on any atom is -0.508 e. The zero-order chi connectivity index (χ0) is 35.9. The summed E-state index contributed by atoms with van der Waals surface area (Å²) in [5.74, 6) is -0.363. The van der Waals surface area contributed by atoms with Gasteiger partial charge in [-0.25, -0.2) is 0 Å². The Hall–Kier alpha value is -5.26. The van der Waals surface area contributed by atoms with E-state index in [0.717, 1.165) is 5.56 Å². The Morgan fingerprint density at radius 1 is 0.923 bits per heavy atom. The van der Waals surface area contributed by atoms with Gasteiger partial charge in [0.2, 0.25) is 6.79 Å². The number of ether oxygens (including phenoxy) is 8. The number of aromatic hydroxyl groups is 1. The Morgan fingerprint density at radius 2 is 1.73 bits per heavy atom. The van der Waals surface area contributed by atoms with E-state index in [0.29, 0.717) is 46.3 Å². The van der Waals surface area contributed by atoms with Crippen LogP contribution in [0.25, 0.3) is 0 Å². The van der Waals surface area contributed by atoms with Gasteiger partial charge in [-0.3, -0.25) is 9.59 Å². The number of benzene rings is 3. The molecule has 0 amide bonds. The molecule has 5 aliphatic heterocycles. The maximum absolute atomic E-state index is 12.0. The van der Waals surface area contributed by atoms with Crippen LogP contribution in [0.3, 0.4) is 0 Å². The fourth-order valence-electron chi connectivity index (χ4n) is 6.99. The highest BCUT2D eigenvalue weighted by Crippen LogP contribution is 2.55. The predicted molar refractivity (Wildman–Crippen MR) is 173 cm³/mol. The molecule has 16 nitrogen and oxygen atoms in total. The number of rotatable bonds is 8. The second kappa shape index (κ2) is 14.0. The summed E-state index contributed by atoms with van der Waals surface area (Å²) in [6.07, 6.45) is -4.51. The zero-order valence-electron chi connectivity index (χ0n) is 27.5. The van der Waals surface area contributed by atoms with E-state index >= 15 is 0 Å². The van der Waals surface area contributed by atoms with Crippen molar-refractivity contribution in [3.63, 3.8) is 0 Å². The lowest BCUT2D eigenvalue weighted by atomic mass is 9.85. The van der Waals surface area contributed by atoms with Crippen LogP contribution in [0.1, 0.15) is 46.6 Å². The minimum atomic E-state index is -1.47. The summed E-state index contributed by atoms with van der Waals surface area (Å²) in [4.78, 5) is 35.1. The van der Waals surface area contributed by atoms with Crippen molar-refractivity contribution in [3.8, 4) is 34.5 Å². The molecule has 274 valence electrons. The molecule has 0 aromatic heterocycles. The number of hydrogen-bond acceptors (Lipinski definition) is 15. The van der Waals surface area contributed by atoms with E-state index in [1.807, 2.05) is 24.3 Å². The zero-order valence-corrected chi connectivity index (χ0v) is 27.5. The third-order valence-electron chi connectivity index (χ3n) is 9.43. The number of carboxylic acids is 1. The number of phenolic OH excluding ortho intramolecular Hbond substituents is 1. The summed E-state index contributed by atoms with van der Waals surface area (Å²) in [7, 11) is 0. The number of hydrogen-bond donors (Lipinski definition) is 4. The average Bonchev–Trinajstić information content (AvgIpc) is 3.74. The molecule has 3 aromatic carbocycles. The largest absolute Gasteiger partial charge is 0.508 e. The van der Waals surface area contributed by atoms with Crippen LogP contribution in [0.4, 0.5) is 0 Å². The number of phenols is 1. The first-order valence-corrected chi connectivity index (χ1v) is 16.6. The van der Waals surface area contributed by atoms with E-state index in [1.54, 1.807) is 30.3 Å². The second-order valence-corrected chi connectivity index (χ2v) is 12.7. The Morgan fingerprint density at radius 3 is 2.54 bits per heavy atom. The van der Waals surface area contributed by atoms with Gasteiger partial charge in [-0.05, 0) is 42.0 Å². The first kappa shape index (κ1) is 33.9. The van der Waals surface area contributed by atoms with E-state index in [-0.39, 0.29) is 37.4 Å². The molecule has 52 heavy (non-hydrogen) atoms. The molecule has 0 bridgehead atoms. The third kappa shape index (κ3) is 6.39.